The maximum absolute atomic E-state index is 11.7. The summed E-state index contributed by atoms with van der Waals surface area (Å²) in [5, 5.41) is 20.9. The molecule has 0 saturated heterocycles. The molecule has 2 aromatic rings. The average molecular weight is 332 g/mol. The number of benzene rings is 2. The van der Waals surface area contributed by atoms with Crippen LogP contribution in [0.25, 0.3) is 0 Å². The van der Waals surface area contributed by atoms with Gasteiger partial charge >= 0.3 is 0 Å². The molecule has 0 bridgehead atoms. The molecule has 0 aliphatic rings. The summed E-state index contributed by atoms with van der Waals surface area (Å²) in [5.74, 6) is 0.552. The number of nitriles is 1. The van der Waals surface area contributed by atoms with Gasteiger partial charge in [0.15, 0.2) is 16.0 Å². The van der Waals surface area contributed by atoms with Gasteiger partial charge in [0.1, 0.15) is 22.1 Å². The van der Waals surface area contributed by atoms with Crippen LogP contribution in [0, 0.1) is 25.3 Å². The number of rotatable bonds is 4. The van der Waals surface area contributed by atoms with Crippen LogP contribution in [0.15, 0.2) is 35.2 Å². The Bertz CT molecular complexity index is 876. The lowest BCUT2D eigenvalue weighted by atomic mass is 10.1. The summed E-state index contributed by atoms with van der Waals surface area (Å²) >= 11 is 0. The van der Waals surface area contributed by atoms with Gasteiger partial charge in [0, 0.05) is 18.0 Å². The van der Waals surface area contributed by atoms with E-state index in [1.54, 1.807) is 12.1 Å². The van der Waals surface area contributed by atoms with Crippen molar-refractivity contribution in [3.05, 3.63) is 41.5 Å². The number of anilines is 1. The van der Waals surface area contributed by atoms with Gasteiger partial charge in [-0.05, 0) is 49.2 Å². The molecule has 0 unspecified atom stereocenters. The van der Waals surface area contributed by atoms with Crippen LogP contribution in [0.5, 0.6) is 17.2 Å². The molecule has 0 atom stereocenters. The van der Waals surface area contributed by atoms with Crippen molar-refractivity contribution in [3.63, 3.8) is 0 Å². The normalized spacial score (nSPS) is 10.9. The van der Waals surface area contributed by atoms with Crippen LogP contribution >= 0.6 is 0 Å². The van der Waals surface area contributed by atoms with Crippen molar-refractivity contribution in [3.8, 4) is 23.4 Å². The number of hydrogen-bond donors (Lipinski definition) is 2. The van der Waals surface area contributed by atoms with Gasteiger partial charge in [-0.15, -0.1) is 0 Å². The third-order valence-corrected chi connectivity index (χ3v) is 4.34. The second-order valence-corrected chi connectivity index (χ2v) is 7.16. The van der Waals surface area contributed by atoms with Crippen molar-refractivity contribution in [1.29, 1.82) is 5.26 Å². The smallest absolute Gasteiger partial charge is 0.181 e. The number of phenolic OH excluding ortho intramolecular Hbond substituents is 1. The van der Waals surface area contributed by atoms with Crippen LogP contribution in [0.2, 0.25) is 0 Å². The van der Waals surface area contributed by atoms with Crippen molar-refractivity contribution in [2.75, 3.05) is 11.6 Å². The zero-order chi connectivity index (χ0) is 17.2. The summed E-state index contributed by atoms with van der Waals surface area (Å²) in [7, 11) is -3.56. The standard InChI is InChI=1S/C16H16N2O4S/c1-10-6-12(18-9-17)7-11(2)16(10)22-13-4-5-14(19)15(8-13)23(3,20)21/h4-8,18-19H,1-3H3. The van der Waals surface area contributed by atoms with E-state index in [-0.39, 0.29) is 10.6 Å². The molecule has 0 aromatic heterocycles. The Kier molecular flexibility index (Phi) is 4.48. The van der Waals surface area contributed by atoms with Crippen LogP contribution in [0.3, 0.4) is 0 Å². The molecule has 0 fully saturated rings. The first-order chi connectivity index (χ1) is 10.7. The van der Waals surface area contributed by atoms with E-state index in [4.69, 9.17) is 10.00 Å². The fourth-order valence-corrected chi connectivity index (χ4v) is 3.00. The molecule has 0 aliphatic carbocycles. The minimum atomic E-state index is -3.56. The van der Waals surface area contributed by atoms with Gasteiger partial charge in [0.25, 0.3) is 0 Å². The van der Waals surface area contributed by atoms with Gasteiger partial charge in [-0.25, -0.2) is 8.42 Å². The molecule has 0 amide bonds. The molecular weight excluding hydrogens is 316 g/mol. The minimum absolute atomic E-state index is 0.187. The number of aryl methyl sites for hydroxylation is 2. The third-order valence-electron chi connectivity index (χ3n) is 3.21. The Morgan fingerprint density at radius 2 is 1.78 bits per heavy atom. The summed E-state index contributed by atoms with van der Waals surface area (Å²) < 4.78 is 29.1. The van der Waals surface area contributed by atoms with Crippen LogP contribution in [-0.4, -0.2) is 19.8 Å². The first-order valence-corrected chi connectivity index (χ1v) is 8.59. The highest BCUT2D eigenvalue weighted by Crippen LogP contribution is 2.34. The topological polar surface area (TPSA) is 99.4 Å². The predicted molar refractivity (Wildman–Crippen MR) is 86.4 cm³/mol. The van der Waals surface area contributed by atoms with E-state index in [1.807, 2.05) is 20.0 Å². The first-order valence-electron chi connectivity index (χ1n) is 6.69. The largest absolute Gasteiger partial charge is 0.507 e. The Morgan fingerprint density at radius 3 is 2.30 bits per heavy atom. The van der Waals surface area contributed by atoms with Crippen LogP contribution in [0.1, 0.15) is 11.1 Å². The molecule has 6 nitrogen and oxygen atoms in total. The number of nitrogens with one attached hydrogen (secondary N) is 1. The number of aromatic hydroxyl groups is 1. The predicted octanol–water partition coefficient (Wildman–Crippen LogP) is 3.10. The molecule has 0 radical (unpaired) electrons. The van der Waals surface area contributed by atoms with Gasteiger partial charge in [0.05, 0.1) is 0 Å². The lowest BCUT2D eigenvalue weighted by Crippen LogP contribution is -1.99. The maximum atomic E-state index is 11.7. The molecule has 23 heavy (non-hydrogen) atoms. The number of hydrogen-bond acceptors (Lipinski definition) is 6. The Balaban J connectivity index is 2.43. The van der Waals surface area contributed by atoms with Gasteiger partial charge in [-0.3, -0.25) is 5.32 Å². The van der Waals surface area contributed by atoms with E-state index >= 15 is 0 Å². The number of sulfone groups is 1. The molecular formula is C16H16N2O4S. The zero-order valence-electron chi connectivity index (χ0n) is 12.9. The molecule has 2 rings (SSSR count). The Hall–Kier alpha value is -2.72. The summed E-state index contributed by atoms with van der Waals surface area (Å²) in [5.41, 5.74) is 2.23. The maximum Gasteiger partial charge on any atom is 0.181 e. The van der Waals surface area contributed by atoms with E-state index in [9.17, 15) is 13.5 Å². The molecule has 120 valence electrons. The second-order valence-electron chi connectivity index (χ2n) is 5.18. The molecule has 2 N–H and O–H groups in total. The lowest BCUT2D eigenvalue weighted by Gasteiger charge is -2.14. The van der Waals surface area contributed by atoms with E-state index in [2.05, 4.69) is 5.32 Å². The van der Waals surface area contributed by atoms with Gasteiger partial charge in [-0.2, -0.15) is 5.26 Å². The van der Waals surface area contributed by atoms with E-state index in [1.165, 1.54) is 18.2 Å². The van der Waals surface area contributed by atoms with Crippen molar-refractivity contribution in [2.24, 2.45) is 0 Å². The van der Waals surface area contributed by atoms with Gasteiger partial charge in [-0.1, -0.05) is 0 Å². The summed E-state index contributed by atoms with van der Waals surface area (Å²) in [6, 6.07) is 7.56. The quantitative estimate of drug-likeness (QED) is 0.659. The highest BCUT2D eigenvalue weighted by Gasteiger charge is 2.15. The first kappa shape index (κ1) is 16.6. The minimum Gasteiger partial charge on any atom is -0.507 e. The van der Waals surface area contributed by atoms with Gasteiger partial charge < -0.3 is 9.84 Å². The summed E-state index contributed by atoms with van der Waals surface area (Å²) in [6.07, 6.45) is 2.87. The number of phenols is 1. The number of nitrogens with zero attached hydrogens (tertiary/aromatic N) is 1. The highest BCUT2D eigenvalue weighted by molar-refractivity contribution is 7.90. The number of ether oxygens (including phenoxy) is 1. The Labute approximate surface area is 134 Å². The highest BCUT2D eigenvalue weighted by atomic mass is 32.2. The second kappa shape index (κ2) is 6.18. The summed E-state index contributed by atoms with van der Waals surface area (Å²) in [6.45, 7) is 3.64. The molecule has 0 spiro atoms. The van der Waals surface area contributed by atoms with Crippen molar-refractivity contribution in [2.45, 2.75) is 18.7 Å². The van der Waals surface area contributed by atoms with Crippen LogP contribution < -0.4 is 10.1 Å². The van der Waals surface area contributed by atoms with E-state index in [0.29, 0.717) is 17.2 Å². The van der Waals surface area contributed by atoms with Crippen molar-refractivity contribution in [1.82, 2.24) is 0 Å². The van der Waals surface area contributed by atoms with Crippen molar-refractivity contribution >= 4 is 15.5 Å². The molecule has 7 heteroatoms. The lowest BCUT2D eigenvalue weighted by molar-refractivity contribution is 0.447. The molecule has 0 aliphatic heterocycles. The molecule has 0 heterocycles. The van der Waals surface area contributed by atoms with Crippen LogP contribution in [-0.2, 0) is 9.84 Å². The third kappa shape index (κ3) is 3.73. The zero-order valence-corrected chi connectivity index (χ0v) is 13.7. The SMILES string of the molecule is Cc1cc(NC#N)cc(C)c1Oc1ccc(O)c(S(C)(=O)=O)c1. The van der Waals surface area contributed by atoms with Crippen molar-refractivity contribution < 1.29 is 18.3 Å². The Morgan fingerprint density at radius 1 is 1.17 bits per heavy atom. The van der Waals surface area contributed by atoms with E-state index in [0.717, 1.165) is 17.4 Å². The van der Waals surface area contributed by atoms with Gasteiger partial charge in [0.2, 0.25) is 0 Å². The van der Waals surface area contributed by atoms with Crippen LogP contribution in [0.4, 0.5) is 5.69 Å². The fourth-order valence-electron chi connectivity index (χ4n) is 2.22. The average Bonchev–Trinajstić information content (AvgIpc) is 2.43. The summed E-state index contributed by atoms with van der Waals surface area (Å²) in [4.78, 5) is -0.187. The monoisotopic (exact) mass is 332 g/mol. The molecule has 2 aromatic carbocycles. The fraction of sp³-hybridized carbons (Fsp3) is 0.188. The molecule has 0 saturated carbocycles. The van der Waals surface area contributed by atoms with E-state index < -0.39 is 9.84 Å².